The maximum atomic E-state index is 12.5. The molecule has 9 heteroatoms. The van der Waals surface area contributed by atoms with Crippen LogP contribution in [-0.2, 0) is 30.0 Å². The molecule has 0 bridgehead atoms. The van der Waals surface area contributed by atoms with E-state index in [4.69, 9.17) is 14.2 Å². The summed E-state index contributed by atoms with van der Waals surface area (Å²) < 4.78 is 44.7. The number of sulfonamides is 1. The van der Waals surface area contributed by atoms with Crippen LogP contribution in [-0.4, -0.2) is 58.1 Å². The molecule has 3 aliphatic rings. The van der Waals surface area contributed by atoms with Gasteiger partial charge in [0.15, 0.2) is 6.10 Å². The Labute approximate surface area is 171 Å². The van der Waals surface area contributed by atoms with E-state index in [0.29, 0.717) is 5.56 Å². The fourth-order valence-electron chi connectivity index (χ4n) is 4.32. The number of alkyl carbamates (subject to hydrolysis) is 1. The predicted octanol–water partition coefficient (Wildman–Crippen LogP) is 1.70. The van der Waals surface area contributed by atoms with E-state index in [1.165, 1.54) is 6.42 Å². The molecule has 4 atom stereocenters. The van der Waals surface area contributed by atoms with Crippen LogP contribution in [0.25, 0.3) is 0 Å². The SMILES string of the molecule is O=C(NC1CCCCC1)O[C@@H]1CO[C@H]2[C@H]1OC[C@H]2NS(=O)(=O)Cc1ccccc1. The first-order chi connectivity index (χ1) is 14.0. The molecule has 1 aromatic rings. The molecule has 2 heterocycles. The fraction of sp³-hybridized carbons (Fsp3) is 0.650. The molecule has 0 spiro atoms. The van der Waals surface area contributed by atoms with Crippen LogP contribution >= 0.6 is 0 Å². The second kappa shape index (κ2) is 8.99. The van der Waals surface area contributed by atoms with E-state index in [1.54, 1.807) is 24.3 Å². The molecule has 4 rings (SSSR count). The van der Waals surface area contributed by atoms with Crippen LogP contribution in [0, 0.1) is 0 Å². The second-order valence-electron chi connectivity index (χ2n) is 7.99. The van der Waals surface area contributed by atoms with Gasteiger partial charge in [0.05, 0.1) is 25.0 Å². The Hall–Kier alpha value is -1.68. The molecule has 2 N–H and O–H groups in total. The monoisotopic (exact) mass is 424 g/mol. The first kappa shape index (κ1) is 20.6. The van der Waals surface area contributed by atoms with Gasteiger partial charge in [-0.1, -0.05) is 49.6 Å². The van der Waals surface area contributed by atoms with Crippen molar-refractivity contribution in [2.45, 2.75) is 68.3 Å². The van der Waals surface area contributed by atoms with Gasteiger partial charge in [0.2, 0.25) is 10.0 Å². The van der Waals surface area contributed by atoms with Gasteiger partial charge in [0.25, 0.3) is 0 Å². The summed E-state index contributed by atoms with van der Waals surface area (Å²) in [4.78, 5) is 12.2. The fourth-order valence-corrected chi connectivity index (χ4v) is 5.70. The summed E-state index contributed by atoms with van der Waals surface area (Å²) in [7, 11) is -3.55. The van der Waals surface area contributed by atoms with Gasteiger partial charge in [-0.15, -0.1) is 0 Å². The number of carbonyl (C=O) groups is 1. The number of hydrogen-bond acceptors (Lipinski definition) is 6. The molecular weight excluding hydrogens is 396 g/mol. The van der Waals surface area contributed by atoms with E-state index >= 15 is 0 Å². The van der Waals surface area contributed by atoms with Crippen molar-refractivity contribution >= 4 is 16.1 Å². The minimum Gasteiger partial charge on any atom is -0.441 e. The molecule has 1 saturated carbocycles. The van der Waals surface area contributed by atoms with Crippen molar-refractivity contribution in [1.82, 2.24) is 10.0 Å². The lowest BCUT2D eigenvalue weighted by Crippen LogP contribution is -2.45. The third kappa shape index (κ3) is 5.28. The molecule has 0 radical (unpaired) electrons. The minimum absolute atomic E-state index is 0.106. The Bertz CT molecular complexity index is 796. The van der Waals surface area contributed by atoms with Crippen LogP contribution in [0.2, 0.25) is 0 Å². The summed E-state index contributed by atoms with van der Waals surface area (Å²) in [5.74, 6) is -0.106. The van der Waals surface area contributed by atoms with Crippen molar-refractivity contribution in [3.05, 3.63) is 35.9 Å². The summed E-state index contributed by atoms with van der Waals surface area (Å²) in [6.45, 7) is 0.387. The van der Waals surface area contributed by atoms with Crippen molar-refractivity contribution in [3.63, 3.8) is 0 Å². The van der Waals surface area contributed by atoms with Gasteiger partial charge in [-0.05, 0) is 18.4 Å². The Balaban J connectivity index is 1.29. The molecule has 0 aromatic heterocycles. The van der Waals surface area contributed by atoms with Crippen LogP contribution in [0.1, 0.15) is 37.7 Å². The molecule has 0 unspecified atom stereocenters. The standard InChI is InChI=1S/C20H28N2O6S/c23-20(21-15-9-5-2-6-10-15)28-17-12-27-18-16(11-26-19(17)18)22-29(24,25)13-14-7-3-1-4-8-14/h1,3-4,7-8,15-19,22H,2,5-6,9-13H2,(H,21,23)/t16-,17-,18-,19+/m1/s1. The number of fused-ring (bicyclic) bond motifs is 1. The smallest absolute Gasteiger partial charge is 0.407 e. The highest BCUT2D eigenvalue weighted by atomic mass is 32.2. The van der Waals surface area contributed by atoms with Gasteiger partial charge in [-0.25, -0.2) is 17.9 Å². The average molecular weight is 425 g/mol. The van der Waals surface area contributed by atoms with E-state index in [-0.39, 0.29) is 25.0 Å². The zero-order chi connectivity index (χ0) is 20.3. The highest BCUT2D eigenvalue weighted by molar-refractivity contribution is 7.88. The molecule has 2 saturated heterocycles. The van der Waals surface area contributed by atoms with Crippen molar-refractivity contribution < 1.29 is 27.4 Å². The van der Waals surface area contributed by atoms with E-state index in [2.05, 4.69) is 10.0 Å². The van der Waals surface area contributed by atoms with E-state index in [0.717, 1.165) is 25.7 Å². The quantitative estimate of drug-likeness (QED) is 0.721. The molecule has 8 nitrogen and oxygen atoms in total. The Kier molecular flexibility index (Phi) is 6.38. The summed E-state index contributed by atoms with van der Waals surface area (Å²) >= 11 is 0. The third-order valence-electron chi connectivity index (χ3n) is 5.72. The first-order valence-corrected chi connectivity index (χ1v) is 11.9. The van der Waals surface area contributed by atoms with Gasteiger partial charge in [-0.3, -0.25) is 0 Å². The maximum Gasteiger partial charge on any atom is 0.407 e. The molecule has 29 heavy (non-hydrogen) atoms. The number of carbonyl (C=O) groups excluding carboxylic acids is 1. The molecule has 1 aliphatic carbocycles. The van der Waals surface area contributed by atoms with Crippen molar-refractivity contribution in [3.8, 4) is 0 Å². The van der Waals surface area contributed by atoms with Crippen molar-refractivity contribution in [1.29, 1.82) is 0 Å². The van der Waals surface area contributed by atoms with Crippen LogP contribution in [0.4, 0.5) is 4.79 Å². The van der Waals surface area contributed by atoms with Gasteiger partial charge >= 0.3 is 6.09 Å². The molecule has 3 fully saturated rings. The zero-order valence-corrected chi connectivity index (χ0v) is 17.1. The lowest BCUT2D eigenvalue weighted by atomic mass is 9.96. The number of amides is 1. The Morgan fingerprint density at radius 1 is 1.03 bits per heavy atom. The summed E-state index contributed by atoms with van der Waals surface area (Å²) in [5, 5.41) is 2.92. The van der Waals surface area contributed by atoms with Crippen molar-refractivity contribution in [2.75, 3.05) is 13.2 Å². The van der Waals surface area contributed by atoms with Crippen LogP contribution in [0.5, 0.6) is 0 Å². The summed E-state index contributed by atoms with van der Waals surface area (Å²) in [6.07, 6.45) is 3.49. The normalized spacial score (nSPS) is 30.1. The highest BCUT2D eigenvalue weighted by Gasteiger charge is 2.50. The lowest BCUT2D eigenvalue weighted by molar-refractivity contribution is 0.00281. The molecule has 1 aromatic carbocycles. The largest absolute Gasteiger partial charge is 0.441 e. The van der Waals surface area contributed by atoms with Gasteiger partial charge in [0.1, 0.15) is 12.2 Å². The summed E-state index contributed by atoms with van der Waals surface area (Å²) in [5.41, 5.74) is 0.711. The second-order valence-corrected chi connectivity index (χ2v) is 9.74. The van der Waals surface area contributed by atoms with Gasteiger partial charge < -0.3 is 19.5 Å². The minimum atomic E-state index is -3.55. The van der Waals surface area contributed by atoms with Crippen LogP contribution in [0.15, 0.2) is 30.3 Å². The average Bonchev–Trinajstić information content (AvgIpc) is 3.26. The highest BCUT2D eigenvalue weighted by Crippen LogP contribution is 2.29. The number of benzene rings is 1. The van der Waals surface area contributed by atoms with Crippen LogP contribution in [0.3, 0.4) is 0 Å². The van der Waals surface area contributed by atoms with Crippen molar-refractivity contribution in [2.24, 2.45) is 0 Å². The Morgan fingerprint density at radius 2 is 1.76 bits per heavy atom. The van der Waals surface area contributed by atoms with Gasteiger partial charge in [0, 0.05) is 6.04 Å². The number of rotatable bonds is 6. The number of nitrogens with one attached hydrogen (secondary N) is 2. The summed E-state index contributed by atoms with van der Waals surface area (Å²) in [6, 6.07) is 8.66. The zero-order valence-electron chi connectivity index (χ0n) is 16.3. The predicted molar refractivity (Wildman–Crippen MR) is 106 cm³/mol. The molecule has 1 amide bonds. The van der Waals surface area contributed by atoms with E-state index < -0.39 is 40.5 Å². The van der Waals surface area contributed by atoms with E-state index in [9.17, 15) is 13.2 Å². The topological polar surface area (TPSA) is 103 Å². The number of hydrogen-bond donors (Lipinski definition) is 2. The Morgan fingerprint density at radius 3 is 2.52 bits per heavy atom. The lowest BCUT2D eigenvalue weighted by Gasteiger charge is -2.24. The van der Waals surface area contributed by atoms with E-state index in [1.807, 2.05) is 6.07 Å². The first-order valence-electron chi connectivity index (χ1n) is 10.2. The van der Waals surface area contributed by atoms with Crippen LogP contribution < -0.4 is 10.0 Å². The number of ether oxygens (including phenoxy) is 3. The molecule has 160 valence electrons. The maximum absolute atomic E-state index is 12.5. The molecular formula is C20H28N2O6S. The van der Waals surface area contributed by atoms with Gasteiger partial charge in [-0.2, -0.15) is 0 Å². The third-order valence-corrected chi connectivity index (χ3v) is 7.10. The molecule has 2 aliphatic heterocycles.